The number of anilines is 3. The third kappa shape index (κ3) is 5.20. The molecular formula is C28H30FN5O4. The molecule has 0 unspecified atom stereocenters. The summed E-state index contributed by atoms with van der Waals surface area (Å²) in [5.41, 5.74) is 2.73. The van der Waals surface area contributed by atoms with Crippen LogP contribution in [-0.2, 0) is 0 Å². The van der Waals surface area contributed by atoms with E-state index in [1.165, 1.54) is 12.1 Å². The first-order chi connectivity index (χ1) is 18.4. The Hall–Kier alpha value is -4.34. The van der Waals surface area contributed by atoms with Gasteiger partial charge in [0.15, 0.2) is 0 Å². The van der Waals surface area contributed by atoms with Gasteiger partial charge < -0.3 is 24.3 Å². The number of carbonyl (C=O) groups is 1. The van der Waals surface area contributed by atoms with Gasteiger partial charge in [-0.15, -0.1) is 0 Å². The van der Waals surface area contributed by atoms with Crippen LogP contribution in [0.25, 0.3) is 0 Å². The molecule has 0 aromatic heterocycles. The summed E-state index contributed by atoms with van der Waals surface area (Å²) in [5, 5.41) is 11.8. The maximum absolute atomic E-state index is 14.1. The van der Waals surface area contributed by atoms with Crippen LogP contribution >= 0.6 is 0 Å². The first-order valence-corrected chi connectivity index (χ1v) is 12.7. The van der Waals surface area contributed by atoms with E-state index < -0.39 is 5.82 Å². The highest BCUT2D eigenvalue weighted by Gasteiger charge is 2.28. The molecule has 0 aliphatic carbocycles. The van der Waals surface area contributed by atoms with E-state index in [2.05, 4.69) is 14.7 Å². The third-order valence-electron chi connectivity index (χ3n) is 7.25. The Morgan fingerprint density at radius 1 is 0.816 bits per heavy atom. The number of ether oxygens (including phenoxy) is 1. The van der Waals surface area contributed by atoms with Gasteiger partial charge >= 0.3 is 0 Å². The van der Waals surface area contributed by atoms with Crippen molar-refractivity contribution in [2.24, 2.45) is 0 Å². The summed E-state index contributed by atoms with van der Waals surface area (Å²) in [7, 11) is 1.64. The fourth-order valence-corrected chi connectivity index (χ4v) is 5.09. The molecule has 3 aromatic carbocycles. The van der Waals surface area contributed by atoms with E-state index in [1.54, 1.807) is 36.3 Å². The van der Waals surface area contributed by atoms with Crippen molar-refractivity contribution in [3.63, 3.8) is 0 Å². The van der Waals surface area contributed by atoms with Gasteiger partial charge in [-0.05, 0) is 48.5 Å². The van der Waals surface area contributed by atoms with Gasteiger partial charge in [-0.2, -0.15) is 0 Å². The topological polar surface area (TPSA) is 82.4 Å². The maximum atomic E-state index is 14.1. The van der Waals surface area contributed by atoms with Gasteiger partial charge in [-0.25, -0.2) is 4.39 Å². The standard InChI is InChI=1S/C28H30FN5O4/c1-38-23-9-6-21(7-10-23)30-12-16-32(17-13-30)27-20-22(8-11-26(27)34(36)37)31-14-18-33(19-15-31)28(35)24-4-2-3-5-25(24)29/h2-11,20H,12-19H2,1H3. The van der Waals surface area contributed by atoms with Crippen molar-refractivity contribution in [2.75, 3.05) is 74.2 Å². The summed E-state index contributed by atoms with van der Waals surface area (Å²) in [4.78, 5) is 32.4. The SMILES string of the molecule is COc1ccc(N2CCN(c3cc(N4CCN(C(=O)c5ccccc5F)CC4)ccc3[N+](=O)[O-])CC2)cc1. The zero-order valence-corrected chi connectivity index (χ0v) is 21.3. The van der Waals surface area contributed by atoms with Crippen molar-refractivity contribution in [3.8, 4) is 5.75 Å². The van der Waals surface area contributed by atoms with Gasteiger partial charge in [0.05, 0.1) is 17.6 Å². The van der Waals surface area contributed by atoms with Crippen molar-refractivity contribution >= 4 is 28.7 Å². The normalized spacial score (nSPS) is 15.9. The minimum atomic E-state index is -0.521. The fraction of sp³-hybridized carbons (Fsp3) is 0.321. The van der Waals surface area contributed by atoms with Crippen LogP contribution in [0.1, 0.15) is 10.4 Å². The zero-order chi connectivity index (χ0) is 26.6. The van der Waals surface area contributed by atoms with Crippen LogP contribution in [0, 0.1) is 15.9 Å². The number of benzene rings is 3. The summed E-state index contributed by atoms with van der Waals surface area (Å²) < 4.78 is 19.3. The molecule has 5 rings (SSSR count). The summed E-state index contributed by atoms with van der Waals surface area (Å²) in [6.45, 7) is 4.79. The average molecular weight is 520 g/mol. The largest absolute Gasteiger partial charge is 0.497 e. The highest BCUT2D eigenvalue weighted by atomic mass is 19.1. The third-order valence-corrected chi connectivity index (χ3v) is 7.25. The molecule has 2 aliphatic rings. The smallest absolute Gasteiger partial charge is 0.292 e. The van der Waals surface area contributed by atoms with Crippen LogP contribution in [0.5, 0.6) is 5.75 Å². The second-order valence-corrected chi connectivity index (χ2v) is 9.36. The molecule has 0 radical (unpaired) electrons. The predicted octanol–water partition coefficient (Wildman–Crippen LogP) is 4.03. The van der Waals surface area contributed by atoms with Gasteiger partial charge in [0.1, 0.15) is 17.3 Å². The molecular weight excluding hydrogens is 489 g/mol. The number of nitro groups is 1. The number of piperazine rings is 2. The summed E-state index contributed by atoms with van der Waals surface area (Å²) in [5.74, 6) is -0.0360. The monoisotopic (exact) mass is 519 g/mol. The molecule has 10 heteroatoms. The molecule has 0 N–H and O–H groups in total. The van der Waals surface area contributed by atoms with Crippen molar-refractivity contribution in [1.82, 2.24) is 4.90 Å². The Bertz CT molecular complexity index is 1300. The van der Waals surface area contributed by atoms with Gasteiger partial charge in [0.2, 0.25) is 0 Å². The molecule has 0 saturated carbocycles. The first kappa shape index (κ1) is 25.3. The Morgan fingerprint density at radius 2 is 1.39 bits per heavy atom. The average Bonchev–Trinajstić information content (AvgIpc) is 2.97. The molecule has 38 heavy (non-hydrogen) atoms. The van der Waals surface area contributed by atoms with E-state index >= 15 is 0 Å². The minimum Gasteiger partial charge on any atom is -0.497 e. The number of hydrogen-bond acceptors (Lipinski definition) is 7. The van der Waals surface area contributed by atoms with Gasteiger partial charge in [0.25, 0.3) is 11.6 Å². The maximum Gasteiger partial charge on any atom is 0.292 e. The molecule has 0 bridgehead atoms. The molecule has 2 heterocycles. The summed E-state index contributed by atoms with van der Waals surface area (Å²) in [6.07, 6.45) is 0. The zero-order valence-electron chi connectivity index (χ0n) is 21.3. The highest BCUT2D eigenvalue weighted by Crippen LogP contribution is 2.34. The number of amides is 1. The molecule has 2 saturated heterocycles. The van der Waals surface area contributed by atoms with Crippen LogP contribution in [0.4, 0.5) is 27.1 Å². The first-order valence-electron chi connectivity index (χ1n) is 12.7. The number of hydrogen-bond donors (Lipinski definition) is 0. The molecule has 2 fully saturated rings. The van der Waals surface area contributed by atoms with Crippen LogP contribution in [-0.4, -0.2) is 75.2 Å². The van der Waals surface area contributed by atoms with Crippen molar-refractivity contribution in [2.45, 2.75) is 0 Å². The molecule has 198 valence electrons. The number of methoxy groups -OCH3 is 1. The Balaban J connectivity index is 1.26. The lowest BCUT2D eigenvalue weighted by Crippen LogP contribution is -2.49. The number of rotatable bonds is 6. The van der Waals surface area contributed by atoms with Gasteiger partial charge in [0, 0.05) is 69.8 Å². The lowest BCUT2D eigenvalue weighted by Gasteiger charge is -2.38. The van der Waals surface area contributed by atoms with E-state index in [0.29, 0.717) is 45.0 Å². The van der Waals surface area contributed by atoms with E-state index in [9.17, 15) is 19.3 Å². The van der Waals surface area contributed by atoms with Gasteiger partial charge in [-0.1, -0.05) is 12.1 Å². The number of carbonyl (C=O) groups excluding carboxylic acids is 1. The Labute approximate surface area is 220 Å². The lowest BCUT2D eigenvalue weighted by atomic mass is 10.1. The summed E-state index contributed by atoms with van der Waals surface area (Å²) in [6, 6.07) is 19.1. The second-order valence-electron chi connectivity index (χ2n) is 9.36. The second kappa shape index (κ2) is 11.0. The quantitative estimate of drug-likeness (QED) is 0.359. The van der Waals surface area contributed by atoms with Crippen LogP contribution in [0.3, 0.4) is 0 Å². The molecule has 9 nitrogen and oxygen atoms in total. The van der Waals surface area contributed by atoms with Crippen molar-refractivity contribution in [1.29, 1.82) is 0 Å². The predicted molar refractivity (Wildman–Crippen MR) is 145 cm³/mol. The lowest BCUT2D eigenvalue weighted by molar-refractivity contribution is -0.384. The number of nitro benzene ring substituents is 1. The minimum absolute atomic E-state index is 0.0763. The highest BCUT2D eigenvalue weighted by molar-refractivity contribution is 5.94. The van der Waals surface area contributed by atoms with E-state index in [1.807, 2.05) is 30.3 Å². The molecule has 0 spiro atoms. The van der Waals surface area contributed by atoms with Crippen LogP contribution < -0.4 is 19.4 Å². The number of halogens is 1. The molecule has 3 aromatic rings. The van der Waals surface area contributed by atoms with E-state index in [-0.39, 0.29) is 22.1 Å². The fourth-order valence-electron chi connectivity index (χ4n) is 5.09. The van der Waals surface area contributed by atoms with E-state index in [4.69, 9.17) is 4.74 Å². The number of nitrogens with zero attached hydrogens (tertiary/aromatic N) is 5. The summed E-state index contributed by atoms with van der Waals surface area (Å²) >= 11 is 0. The Morgan fingerprint density at radius 3 is 2.03 bits per heavy atom. The van der Waals surface area contributed by atoms with E-state index in [0.717, 1.165) is 30.2 Å². The van der Waals surface area contributed by atoms with Crippen LogP contribution in [0.15, 0.2) is 66.7 Å². The molecule has 1 amide bonds. The Kier molecular flexibility index (Phi) is 7.30. The van der Waals surface area contributed by atoms with Gasteiger partial charge in [-0.3, -0.25) is 14.9 Å². The van der Waals surface area contributed by atoms with Crippen molar-refractivity contribution in [3.05, 3.63) is 88.2 Å². The molecule has 0 atom stereocenters. The molecule has 2 aliphatic heterocycles. The van der Waals surface area contributed by atoms with Crippen LogP contribution in [0.2, 0.25) is 0 Å². The van der Waals surface area contributed by atoms with Crippen molar-refractivity contribution < 1.29 is 18.8 Å².